The molecule has 31 heavy (non-hydrogen) atoms. The molecule has 2 amide bonds. The number of carbonyl (C=O) groups excluding carboxylic acids is 1. The summed E-state index contributed by atoms with van der Waals surface area (Å²) in [6.07, 6.45) is 8.12. The van der Waals surface area contributed by atoms with E-state index in [1.165, 1.54) is 18.0 Å². The van der Waals surface area contributed by atoms with E-state index < -0.39 is 33.5 Å². The number of aliphatic hydroxyl groups excluding tert-OH is 1. The van der Waals surface area contributed by atoms with Crippen molar-refractivity contribution in [1.82, 2.24) is 9.88 Å². The number of amides is 2. The highest BCUT2D eigenvalue weighted by atomic mass is 32.3. The number of hydrogen-bond donors (Lipinski definition) is 5. The van der Waals surface area contributed by atoms with E-state index in [1.54, 1.807) is 0 Å². The van der Waals surface area contributed by atoms with E-state index in [4.69, 9.17) is 9.92 Å². The Hall–Kier alpha value is -1.66. The fraction of sp³-hybridized carbons (Fsp3) is 0.600. The van der Waals surface area contributed by atoms with E-state index >= 15 is 0 Å². The van der Waals surface area contributed by atoms with Crippen molar-refractivity contribution in [3.63, 3.8) is 0 Å². The second-order valence-electron chi connectivity index (χ2n) is 8.87. The van der Waals surface area contributed by atoms with Crippen molar-refractivity contribution in [2.24, 2.45) is 11.1 Å². The highest BCUT2D eigenvalue weighted by Crippen LogP contribution is 2.46. The molecule has 0 radical (unpaired) electrons. The fourth-order valence-corrected chi connectivity index (χ4v) is 6.35. The molecule has 0 aromatic carbocycles. The van der Waals surface area contributed by atoms with Gasteiger partial charge in [-0.05, 0) is 62.0 Å². The van der Waals surface area contributed by atoms with Crippen molar-refractivity contribution in [3.05, 3.63) is 33.5 Å². The summed E-state index contributed by atoms with van der Waals surface area (Å²) in [7, 11) is -3.58. The van der Waals surface area contributed by atoms with Crippen LogP contribution >= 0.6 is 11.8 Å². The Morgan fingerprint density at radius 3 is 2.84 bits per heavy atom. The minimum atomic E-state index is -3.58. The second kappa shape index (κ2) is 8.04. The second-order valence-corrected chi connectivity index (χ2v) is 11.9. The number of aromatic nitrogens is 1. The number of carbonyl (C=O) groups is 1. The molecule has 6 N–H and O–H groups in total. The number of rotatable bonds is 6. The zero-order valence-corrected chi connectivity index (χ0v) is 19.3. The summed E-state index contributed by atoms with van der Waals surface area (Å²) in [6, 6.07) is -0.533. The minimum absolute atomic E-state index is 0.0205. The third kappa shape index (κ3) is 4.34. The predicted molar refractivity (Wildman–Crippen MR) is 120 cm³/mol. The lowest BCUT2D eigenvalue weighted by molar-refractivity contribution is -0.0200. The van der Waals surface area contributed by atoms with Crippen LogP contribution in [-0.2, 0) is 22.8 Å². The minimum Gasteiger partial charge on any atom is -0.393 e. The van der Waals surface area contributed by atoms with Crippen molar-refractivity contribution >= 4 is 33.4 Å². The van der Waals surface area contributed by atoms with Gasteiger partial charge in [-0.2, -0.15) is 0 Å². The van der Waals surface area contributed by atoms with Gasteiger partial charge in [0, 0.05) is 18.1 Å². The van der Waals surface area contributed by atoms with Crippen LogP contribution in [0.4, 0.5) is 10.5 Å². The molecule has 1 aliphatic heterocycles. The zero-order chi connectivity index (χ0) is 22.6. The van der Waals surface area contributed by atoms with Gasteiger partial charge in [-0.1, -0.05) is 18.7 Å². The molecular formula is C20H29N5O4S2. The Balaban J connectivity index is 1.69. The molecule has 170 valence electrons. The number of hydrogen-bond acceptors (Lipinski definition) is 7. The smallest absolute Gasteiger partial charge is 0.327 e. The Morgan fingerprint density at radius 2 is 2.23 bits per heavy atom. The average Bonchev–Trinajstić information content (AvgIpc) is 3.25. The van der Waals surface area contributed by atoms with Crippen LogP contribution < -0.4 is 10.5 Å². The standard InChI is InChI=1S/C20H29N5O4S2/c1-11(12-6-7-12)14-8-23-15-5-3-4-13(15)17(14)24-19(27)25-9-16(31(21,22)29)30-18(25)20(2,28)10-26/h8-9,11-12,18,26,28H,3-7,10H2,1-2H3,(H3,21,22,29)(H,23,24,27)/t11-,18?,20-/m0/s1. The molecule has 1 fully saturated rings. The number of nitrogens with one attached hydrogen (secondary N) is 2. The maximum Gasteiger partial charge on any atom is 0.327 e. The van der Waals surface area contributed by atoms with E-state index in [1.807, 2.05) is 6.20 Å². The van der Waals surface area contributed by atoms with Crippen molar-refractivity contribution in [3.8, 4) is 0 Å². The molecule has 2 aliphatic carbocycles. The first-order valence-electron chi connectivity index (χ1n) is 10.4. The maximum atomic E-state index is 13.4. The van der Waals surface area contributed by atoms with E-state index in [2.05, 4.69) is 17.2 Å². The Morgan fingerprint density at radius 1 is 1.52 bits per heavy atom. The van der Waals surface area contributed by atoms with Crippen LogP contribution in [-0.4, -0.2) is 47.9 Å². The van der Waals surface area contributed by atoms with Crippen LogP contribution in [0.2, 0.25) is 0 Å². The molecule has 9 nitrogen and oxygen atoms in total. The molecule has 1 aromatic rings. The molecule has 4 rings (SSSR count). The zero-order valence-electron chi connectivity index (χ0n) is 17.6. The van der Waals surface area contributed by atoms with Crippen molar-refractivity contribution in [1.29, 1.82) is 4.78 Å². The van der Waals surface area contributed by atoms with Gasteiger partial charge in [0.2, 0.25) is 0 Å². The van der Waals surface area contributed by atoms with Crippen molar-refractivity contribution < 1.29 is 19.2 Å². The Kier molecular flexibility index (Phi) is 5.84. The summed E-state index contributed by atoms with van der Waals surface area (Å²) >= 11 is 0.863. The number of nitrogens with zero attached hydrogens (tertiary/aromatic N) is 2. The van der Waals surface area contributed by atoms with Gasteiger partial charge in [0.25, 0.3) is 0 Å². The van der Waals surface area contributed by atoms with Crippen LogP contribution in [0.1, 0.15) is 55.8 Å². The van der Waals surface area contributed by atoms with E-state index in [-0.39, 0.29) is 10.2 Å². The van der Waals surface area contributed by atoms with Gasteiger partial charge in [-0.25, -0.2) is 18.9 Å². The topological polar surface area (TPSA) is 153 Å². The van der Waals surface area contributed by atoms with Gasteiger partial charge in [0.15, 0.2) is 0 Å². The molecule has 1 aromatic heterocycles. The highest BCUT2D eigenvalue weighted by molar-refractivity contribution is 8.18. The molecule has 2 heterocycles. The van der Waals surface area contributed by atoms with E-state index in [9.17, 15) is 19.2 Å². The van der Waals surface area contributed by atoms with Crippen LogP contribution in [0.5, 0.6) is 0 Å². The van der Waals surface area contributed by atoms with Gasteiger partial charge < -0.3 is 15.5 Å². The van der Waals surface area contributed by atoms with Crippen LogP contribution in [0.15, 0.2) is 16.6 Å². The first kappa shape index (κ1) is 22.5. The fourth-order valence-electron chi connectivity index (χ4n) is 4.24. The Labute approximate surface area is 186 Å². The largest absolute Gasteiger partial charge is 0.393 e. The van der Waals surface area contributed by atoms with Gasteiger partial charge in [-0.15, -0.1) is 0 Å². The van der Waals surface area contributed by atoms with Crippen LogP contribution in [0.3, 0.4) is 0 Å². The molecule has 2 unspecified atom stereocenters. The summed E-state index contributed by atoms with van der Waals surface area (Å²) in [5, 5.41) is 27.8. The van der Waals surface area contributed by atoms with E-state index in [0.29, 0.717) is 5.92 Å². The number of urea groups is 1. The summed E-state index contributed by atoms with van der Waals surface area (Å²) in [5.74, 6) is 0.846. The molecule has 0 saturated heterocycles. The summed E-state index contributed by atoms with van der Waals surface area (Å²) in [6.45, 7) is 2.92. The van der Waals surface area contributed by atoms with Crippen molar-refractivity contribution in [2.45, 2.75) is 62.8 Å². The van der Waals surface area contributed by atoms with Gasteiger partial charge >= 0.3 is 6.03 Å². The third-order valence-corrected chi connectivity index (χ3v) is 9.33. The summed E-state index contributed by atoms with van der Waals surface area (Å²) in [5.41, 5.74) is 2.11. The predicted octanol–water partition coefficient (Wildman–Crippen LogP) is 2.45. The third-order valence-electron chi connectivity index (χ3n) is 6.30. The quantitative estimate of drug-likeness (QED) is 0.433. The normalized spacial score (nSPS) is 25.4. The lowest BCUT2D eigenvalue weighted by Gasteiger charge is -2.34. The molecule has 0 bridgehead atoms. The van der Waals surface area contributed by atoms with Gasteiger partial charge in [-0.3, -0.25) is 9.88 Å². The van der Waals surface area contributed by atoms with Crippen LogP contribution in [0.25, 0.3) is 0 Å². The number of nitrogens with two attached hydrogens (primary N) is 1. The molecule has 4 atom stereocenters. The van der Waals surface area contributed by atoms with Crippen LogP contribution in [0, 0.1) is 10.7 Å². The average molecular weight is 468 g/mol. The van der Waals surface area contributed by atoms with Gasteiger partial charge in [0.1, 0.15) is 25.1 Å². The first-order chi connectivity index (χ1) is 14.5. The molecule has 11 heteroatoms. The number of fused-ring (bicyclic) bond motifs is 1. The SMILES string of the molecule is C[C@H](c1cnc2c(c1NC(=O)N1C=C(S(=N)(N)=O)SC1[C@@](C)(O)CO)CCC2)C1CC1. The summed E-state index contributed by atoms with van der Waals surface area (Å²) in [4.78, 5) is 19.2. The molecule has 0 spiro atoms. The van der Waals surface area contributed by atoms with Gasteiger partial charge in [0.05, 0.1) is 12.3 Å². The number of anilines is 1. The maximum absolute atomic E-state index is 13.4. The number of thioether (sulfide) groups is 1. The van der Waals surface area contributed by atoms with E-state index in [0.717, 1.165) is 66.4 Å². The lowest BCUT2D eigenvalue weighted by Crippen LogP contribution is -2.50. The monoisotopic (exact) mass is 467 g/mol. The molecule has 3 aliphatic rings. The highest BCUT2D eigenvalue weighted by Gasteiger charge is 2.44. The number of pyridine rings is 1. The van der Waals surface area contributed by atoms with Crippen molar-refractivity contribution in [2.75, 3.05) is 11.9 Å². The summed E-state index contributed by atoms with van der Waals surface area (Å²) < 4.78 is 19.8. The lowest BCUT2D eigenvalue weighted by atomic mass is 9.93. The first-order valence-corrected chi connectivity index (χ1v) is 12.9. The number of aliphatic hydroxyl groups is 2. The Bertz CT molecular complexity index is 1040. The molecular weight excluding hydrogens is 438 g/mol. The number of aryl methyl sites for hydroxylation is 1. The molecule has 1 saturated carbocycles.